The predicted molar refractivity (Wildman–Crippen MR) is 85.3 cm³/mol. The van der Waals surface area contributed by atoms with Crippen LogP contribution >= 0.6 is 0 Å². The number of ether oxygens (including phenoxy) is 1. The fraction of sp³-hybridized carbons (Fsp3) is 0.938. The van der Waals surface area contributed by atoms with Gasteiger partial charge in [-0.15, -0.1) is 0 Å². The van der Waals surface area contributed by atoms with Crippen molar-refractivity contribution < 1.29 is 9.84 Å². The van der Waals surface area contributed by atoms with E-state index >= 15 is 0 Å². The molecule has 0 amide bonds. The summed E-state index contributed by atoms with van der Waals surface area (Å²) >= 11 is 0. The van der Waals surface area contributed by atoms with Crippen molar-refractivity contribution in [1.29, 1.82) is 0 Å². The Morgan fingerprint density at radius 2 is 1.90 bits per heavy atom. The normalized spacial score (nSPS) is 24.8. The number of aliphatic hydroxyl groups is 1. The first-order valence-corrected chi connectivity index (χ1v) is 8.30. The van der Waals surface area contributed by atoms with Gasteiger partial charge in [0.1, 0.15) is 0 Å². The van der Waals surface area contributed by atoms with Gasteiger partial charge >= 0.3 is 0 Å². The van der Waals surface area contributed by atoms with Crippen molar-refractivity contribution in [3.8, 4) is 0 Å². The zero-order chi connectivity index (χ0) is 15.3. The minimum Gasteiger partial charge on any atom is -0.389 e. The molecule has 0 spiro atoms. The highest BCUT2D eigenvalue weighted by molar-refractivity contribution is 5.78. The Morgan fingerprint density at radius 3 is 2.52 bits per heavy atom. The van der Waals surface area contributed by atoms with Crippen LogP contribution in [0.3, 0.4) is 0 Å². The summed E-state index contributed by atoms with van der Waals surface area (Å²) in [4.78, 5) is 4.49. The van der Waals surface area contributed by atoms with Gasteiger partial charge in [-0.25, -0.2) is 0 Å². The van der Waals surface area contributed by atoms with Gasteiger partial charge in [0.25, 0.3) is 0 Å². The first-order chi connectivity index (χ1) is 9.93. The fourth-order valence-corrected chi connectivity index (χ4v) is 3.32. The molecule has 2 aliphatic rings. The van der Waals surface area contributed by atoms with Crippen LogP contribution in [0.2, 0.25) is 0 Å². The number of guanidine groups is 1. The number of nitrogens with two attached hydrogens (primary N) is 1. The average Bonchev–Trinajstić information content (AvgIpc) is 2.47. The van der Waals surface area contributed by atoms with E-state index in [1.165, 1.54) is 32.1 Å². The molecule has 1 saturated carbocycles. The lowest BCUT2D eigenvalue weighted by Gasteiger charge is -2.44. The predicted octanol–water partition coefficient (Wildman–Crippen LogP) is 1.79. The Kier molecular flexibility index (Phi) is 5.49. The Labute approximate surface area is 128 Å². The first kappa shape index (κ1) is 16.6. The lowest BCUT2D eigenvalue weighted by molar-refractivity contribution is -0.128. The van der Waals surface area contributed by atoms with Crippen LogP contribution in [0.5, 0.6) is 0 Å². The van der Waals surface area contributed by atoms with Crippen LogP contribution < -0.4 is 11.1 Å². The maximum atomic E-state index is 10.8. The molecule has 0 atom stereocenters. The highest BCUT2D eigenvalue weighted by Crippen LogP contribution is 2.38. The van der Waals surface area contributed by atoms with Crippen LogP contribution in [-0.2, 0) is 4.74 Å². The van der Waals surface area contributed by atoms with Crippen molar-refractivity contribution in [2.75, 3.05) is 19.8 Å². The Bertz CT molecular complexity index is 357. The summed E-state index contributed by atoms with van der Waals surface area (Å²) < 4.78 is 5.35. The molecule has 1 saturated heterocycles. The van der Waals surface area contributed by atoms with E-state index < -0.39 is 5.60 Å². The fourth-order valence-electron chi connectivity index (χ4n) is 3.32. The molecule has 5 nitrogen and oxygen atoms in total. The van der Waals surface area contributed by atoms with Gasteiger partial charge in [-0.3, -0.25) is 4.99 Å². The standard InChI is InChI=1S/C16H31N3O2/c1-15(2,16(20)8-10-21-11-9-16)12-18-14(17)19-13-6-4-3-5-7-13/h13,20H,3-12H2,1-2H3,(H3,17,18,19). The van der Waals surface area contributed by atoms with Gasteiger partial charge in [-0.05, 0) is 12.8 Å². The first-order valence-electron chi connectivity index (χ1n) is 8.30. The van der Waals surface area contributed by atoms with Gasteiger partial charge in [0, 0.05) is 37.5 Å². The molecule has 1 heterocycles. The molecule has 2 rings (SSSR count). The summed E-state index contributed by atoms with van der Waals surface area (Å²) in [7, 11) is 0. The zero-order valence-corrected chi connectivity index (χ0v) is 13.5. The minimum absolute atomic E-state index is 0.296. The van der Waals surface area contributed by atoms with E-state index in [4.69, 9.17) is 10.5 Å². The number of nitrogens with zero attached hydrogens (tertiary/aromatic N) is 1. The van der Waals surface area contributed by atoms with Crippen molar-refractivity contribution in [1.82, 2.24) is 5.32 Å². The number of hydrogen-bond donors (Lipinski definition) is 3. The summed E-state index contributed by atoms with van der Waals surface area (Å²) in [5, 5.41) is 14.2. The molecular formula is C16H31N3O2. The van der Waals surface area contributed by atoms with Crippen LogP contribution in [0.15, 0.2) is 4.99 Å². The molecule has 0 bridgehead atoms. The van der Waals surface area contributed by atoms with E-state index in [1.807, 2.05) is 0 Å². The summed E-state index contributed by atoms with van der Waals surface area (Å²) in [5.74, 6) is 0.519. The maximum Gasteiger partial charge on any atom is 0.188 e. The van der Waals surface area contributed by atoms with Gasteiger partial charge < -0.3 is 20.9 Å². The summed E-state index contributed by atoms with van der Waals surface area (Å²) in [6, 6.07) is 0.469. The molecule has 0 aromatic rings. The van der Waals surface area contributed by atoms with Gasteiger partial charge in [0.2, 0.25) is 0 Å². The van der Waals surface area contributed by atoms with Gasteiger partial charge in [-0.1, -0.05) is 33.1 Å². The molecule has 1 aliphatic heterocycles. The van der Waals surface area contributed by atoms with Crippen molar-refractivity contribution in [2.24, 2.45) is 16.1 Å². The van der Waals surface area contributed by atoms with E-state index in [1.54, 1.807) is 0 Å². The van der Waals surface area contributed by atoms with Gasteiger partial charge in [0.15, 0.2) is 5.96 Å². The third kappa shape index (κ3) is 4.33. The van der Waals surface area contributed by atoms with Crippen LogP contribution in [0, 0.1) is 5.41 Å². The number of hydrogen-bond acceptors (Lipinski definition) is 3. The number of aliphatic imine (C=N–C) groups is 1. The largest absolute Gasteiger partial charge is 0.389 e. The lowest BCUT2D eigenvalue weighted by Crippen LogP contribution is -2.51. The van der Waals surface area contributed by atoms with Crippen LogP contribution in [0.25, 0.3) is 0 Å². The highest BCUT2D eigenvalue weighted by atomic mass is 16.5. The van der Waals surface area contributed by atoms with E-state index in [0.29, 0.717) is 44.6 Å². The monoisotopic (exact) mass is 297 g/mol. The number of nitrogens with one attached hydrogen (secondary N) is 1. The second-order valence-electron chi connectivity index (χ2n) is 7.21. The van der Waals surface area contributed by atoms with Crippen molar-refractivity contribution >= 4 is 5.96 Å². The van der Waals surface area contributed by atoms with Gasteiger partial charge in [-0.2, -0.15) is 0 Å². The van der Waals surface area contributed by atoms with Crippen molar-refractivity contribution in [2.45, 2.75) is 70.4 Å². The topological polar surface area (TPSA) is 79.9 Å². The molecular weight excluding hydrogens is 266 g/mol. The number of rotatable bonds is 4. The average molecular weight is 297 g/mol. The molecule has 5 heteroatoms. The second-order valence-corrected chi connectivity index (χ2v) is 7.21. The molecule has 0 unspecified atom stereocenters. The molecule has 122 valence electrons. The molecule has 21 heavy (non-hydrogen) atoms. The SMILES string of the molecule is CC(C)(CN=C(N)NC1CCCCC1)C1(O)CCOCC1. The van der Waals surface area contributed by atoms with E-state index in [-0.39, 0.29) is 5.41 Å². The van der Waals surface area contributed by atoms with Crippen molar-refractivity contribution in [3.63, 3.8) is 0 Å². The minimum atomic E-state index is -0.708. The second kappa shape index (κ2) is 6.97. The zero-order valence-electron chi connectivity index (χ0n) is 13.5. The third-order valence-electron chi connectivity index (χ3n) is 5.18. The highest BCUT2D eigenvalue weighted by Gasteiger charge is 2.44. The summed E-state index contributed by atoms with van der Waals surface area (Å²) in [5.41, 5.74) is 5.01. The lowest BCUT2D eigenvalue weighted by atomic mass is 9.70. The quantitative estimate of drug-likeness (QED) is 0.546. The summed E-state index contributed by atoms with van der Waals surface area (Å²) in [6.45, 7) is 5.92. The Balaban J connectivity index is 1.87. The van der Waals surface area contributed by atoms with Crippen LogP contribution in [0.1, 0.15) is 58.8 Å². The van der Waals surface area contributed by atoms with Crippen molar-refractivity contribution in [3.05, 3.63) is 0 Å². The Morgan fingerprint density at radius 1 is 1.29 bits per heavy atom. The third-order valence-corrected chi connectivity index (χ3v) is 5.18. The molecule has 1 aliphatic carbocycles. The molecule has 2 fully saturated rings. The molecule has 0 aromatic carbocycles. The molecule has 0 radical (unpaired) electrons. The van der Waals surface area contributed by atoms with Gasteiger partial charge in [0.05, 0.1) is 12.1 Å². The Hall–Kier alpha value is -0.810. The summed E-state index contributed by atoms with van der Waals surface area (Å²) in [6.07, 6.45) is 7.59. The van der Waals surface area contributed by atoms with Crippen LogP contribution in [0.4, 0.5) is 0 Å². The van der Waals surface area contributed by atoms with Crippen LogP contribution in [-0.4, -0.2) is 42.5 Å². The molecule has 4 N–H and O–H groups in total. The molecule has 0 aromatic heterocycles. The van der Waals surface area contributed by atoms with E-state index in [0.717, 1.165) is 0 Å². The van der Waals surface area contributed by atoms with E-state index in [2.05, 4.69) is 24.2 Å². The smallest absolute Gasteiger partial charge is 0.188 e. The van der Waals surface area contributed by atoms with E-state index in [9.17, 15) is 5.11 Å². The maximum absolute atomic E-state index is 10.8.